The third kappa shape index (κ3) is 3.34. The minimum atomic E-state index is -4.53. The molecule has 0 bridgehead atoms. The van der Waals surface area contributed by atoms with Crippen LogP contribution in [-0.2, 0) is 6.18 Å². The fourth-order valence-electron chi connectivity index (χ4n) is 2.06. The van der Waals surface area contributed by atoms with E-state index in [-0.39, 0.29) is 16.1 Å². The number of halogens is 5. The first-order valence-corrected chi connectivity index (χ1v) is 6.29. The minimum absolute atomic E-state index is 0.0887. The normalized spacial score (nSPS) is 13.2. The molecule has 0 saturated heterocycles. The van der Waals surface area contributed by atoms with Gasteiger partial charge in [-0.05, 0) is 29.3 Å². The molecular weight excluding hydrogens is 308 g/mol. The Morgan fingerprint density at radius 3 is 2.33 bits per heavy atom. The summed E-state index contributed by atoms with van der Waals surface area (Å²) in [6, 6.07) is 7.72. The molecule has 0 spiro atoms. The third-order valence-corrected chi connectivity index (χ3v) is 3.33. The molecule has 0 radical (unpaired) electrons. The van der Waals surface area contributed by atoms with Crippen molar-refractivity contribution >= 4 is 11.6 Å². The van der Waals surface area contributed by atoms with Crippen molar-refractivity contribution in [2.75, 3.05) is 0 Å². The van der Waals surface area contributed by atoms with Gasteiger partial charge in [0.2, 0.25) is 0 Å². The fraction of sp³-hybridized carbons (Fsp3) is 0.143. The summed E-state index contributed by atoms with van der Waals surface area (Å²) < 4.78 is 52.6. The highest BCUT2D eigenvalue weighted by atomic mass is 35.5. The van der Waals surface area contributed by atoms with Gasteiger partial charge >= 0.3 is 6.18 Å². The molecule has 0 amide bonds. The summed E-state index contributed by atoms with van der Waals surface area (Å²) in [5.41, 5.74) is 1.61. The van der Waals surface area contributed by atoms with E-state index in [0.29, 0.717) is 0 Å². The number of hydrazine groups is 1. The Kier molecular flexibility index (Phi) is 4.51. The Hall–Kier alpha value is -1.63. The summed E-state index contributed by atoms with van der Waals surface area (Å²) in [5, 5.41) is -0.112. The molecular formula is C14H11ClF4N2. The Morgan fingerprint density at radius 1 is 1.10 bits per heavy atom. The van der Waals surface area contributed by atoms with E-state index in [9.17, 15) is 17.6 Å². The molecule has 0 aromatic heterocycles. The zero-order valence-corrected chi connectivity index (χ0v) is 11.3. The van der Waals surface area contributed by atoms with Gasteiger partial charge < -0.3 is 0 Å². The van der Waals surface area contributed by atoms with Gasteiger partial charge in [0.25, 0.3) is 0 Å². The van der Waals surface area contributed by atoms with Crippen LogP contribution in [0, 0.1) is 5.82 Å². The number of benzene rings is 2. The van der Waals surface area contributed by atoms with E-state index in [1.54, 1.807) is 0 Å². The first-order chi connectivity index (χ1) is 9.84. The van der Waals surface area contributed by atoms with Crippen LogP contribution in [0.1, 0.15) is 22.7 Å². The van der Waals surface area contributed by atoms with Crippen molar-refractivity contribution in [1.82, 2.24) is 5.43 Å². The van der Waals surface area contributed by atoms with Crippen LogP contribution in [0.25, 0.3) is 0 Å². The number of nitrogens with one attached hydrogen (secondary N) is 1. The van der Waals surface area contributed by atoms with Gasteiger partial charge in [0, 0.05) is 0 Å². The van der Waals surface area contributed by atoms with Gasteiger partial charge in [-0.15, -0.1) is 0 Å². The zero-order valence-electron chi connectivity index (χ0n) is 10.6. The fourth-order valence-corrected chi connectivity index (χ4v) is 2.18. The van der Waals surface area contributed by atoms with E-state index in [1.165, 1.54) is 30.3 Å². The van der Waals surface area contributed by atoms with Gasteiger partial charge in [0.15, 0.2) is 0 Å². The van der Waals surface area contributed by atoms with Crippen molar-refractivity contribution in [1.29, 1.82) is 0 Å². The lowest BCUT2D eigenvalue weighted by Gasteiger charge is -2.21. The predicted octanol–water partition coefficient (Wildman–Crippen LogP) is 4.05. The summed E-state index contributed by atoms with van der Waals surface area (Å²) in [5.74, 6) is 4.64. The Bertz CT molecular complexity index is 643. The van der Waals surface area contributed by atoms with Crippen molar-refractivity contribution in [3.63, 3.8) is 0 Å². The quantitative estimate of drug-likeness (QED) is 0.509. The second-order valence-corrected chi connectivity index (χ2v) is 4.77. The molecule has 0 saturated carbocycles. The molecule has 0 aliphatic heterocycles. The second-order valence-electron chi connectivity index (χ2n) is 4.36. The number of hydrogen-bond donors (Lipinski definition) is 2. The van der Waals surface area contributed by atoms with E-state index in [2.05, 4.69) is 5.43 Å². The molecule has 0 heterocycles. The highest BCUT2D eigenvalue weighted by Gasteiger charge is 2.35. The van der Waals surface area contributed by atoms with Crippen LogP contribution in [0.5, 0.6) is 0 Å². The summed E-state index contributed by atoms with van der Waals surface area (Å²) >= 11 is 5.57. The maximum absolute atomic E-state index is 13.5. The smallest absolute Gasteiger partial charge is 0.271 e. The maximum atomic E-state index is 13.5. The molecule has 0 fully saturated rings. The third-order valence-electron chi connectivity index (χ3n) is 3.02. The Labute approximate surface area is 123 Å². The van der Waals surface area contributed by atoms with Gasteiger partial charge in [0.05, 0.1) is 16.6 Å². The van der Waals surface area contributed by atoms with Crippen LogP contribution < -0.4 is 11.3 Å². The molecule has 3 N–H and O–H groups in total. The first-order valence-electron chi connectivity index (χ1n) is 5.91. The standard InChI is InChI=1S/C14H11ClF4N2/c15-11-6-5-8(7-12(11)16)13(21-20)9-3-1-2-4-10(9)14(17,18)19/h1-7,13,21H,20H2. The summed E-state index contributed by atoms with van der Waals surface area (Å²) in [4.78, 5) is 0. The van der Waals surface area contributed by atoms with Crippen molar-refractivity contribution in [2.24, 2.45) is 5.84 Å². The van der Waals surface area contributed by atoms with Gasteiger partial charge in [-0.1, -0.05) is 35.9 Å². The average molecular weight is 319 g/mol. The number of alkyl halides is 3. The van der Waals surface area contributed by atoms with E-state index in [0.717, 1.165) is 12.1 Å². The maximum Gasteiger partial charge on any atom is 0.416 e. The van der Waals surface area contributed by atoms with E-state index < -0.39 is 23.6 Å². The lowest BCUT2D eigenvalue weighted by Crippen LogP contribution is -2.30. The van der Waals surface area contributed by atoms with Crippen molar-refractivity contribution < 1.29 is 17.6 Å². The summed E-state index contributed by atoms with van der Waals surface area (Å²) in [6.07, 6.45) is -4.53. The molecule has 2 aromatic rings. The molecule has 21 heavy (non-hydrogen) atoms. The van der Waals surface area contributed by atoms with E-state index >= 15 is 0 Å². The van der Waals surface area contributed by atoms with Crippen LogP contribution >= 0.6 is 11.6 Å². The van der Waals surface area contributed by atoms with Crippen LogP contribution in [0.4, 0.5) is 17.6 Å². The SMILES string of the molecule is NNC(c1ccc(Cl)c(F)c1)c1ccccc1C(F)(F)F. The highest BCUT2D eigenvalue weighted by molar-refractivity contribution is 6.30. The zero-order chi connectivity index (χ0) is 15.6. The van der Waals surface area contributed by atoms with Crippen molar-refractivity contribution in [2.45, 2.75) is 12.2 Å². The number of hydrogen-bond acceptors (Lipinski definition) is 2. The van der Waals surface area contributed by atoms with Crippen LogP contribution in [0.2, 0.25) is 5.02 Å². The Morgan fingerprint density at radius 2 is 1.76 bits per heavy atom. The molecule has 2 rings (SSSR count). The number of rotatable bonds is 3. The lowest BCUT2D eigenvalue weighted by atomic mass is 9.94. The second kappa shape index (κ2) is 6.01. The molecule has 7 heteroatoms. The van der Waals surface area contributed by atoms with Crippen molar-refractivity contribution in [3.05, 3.63) is 70.0 Å². The first kappa shape index (κ1) is 15.8. The molecule has 1 atom stereocenters. The topological polar surface area (TPSA) is 38.0 Å². The van der Waals surface area contributed by atoms with Crippen molar-refractivity contribution in [3.8, 4) is 0 Å². The summed E-state index contributed by atoms with van der Waals surface area (Å²) in [7, 11) is 0. The molecule has 0 aliphatic carbocycles. The van der Waals surface area contributed by atoms with Gasteiger partial charge in [-0.25, -0.2) is 9.82 Å². The van der Waals surface area contributed by atoms with Crippen LogP contribution in [0.3, 0.4) is 0 Å². The average Bonchev–Trinajstić information content (AvgIpc) is 2.43. The molecule has 1 unspecified atom stereocenters. The molecule has 0 aliphatic rings. The van der Waals surface area contributed by atoms with Gasteiger partial charge in [-0.2, -0.15) is 13.2 Å². The minimum Gasteiger partial charge on any atom is -0.271 e. The largest absolute Gasteiger partial charge is 0.416 e. The molecule has 112 valence electrons. The van der Waals surface area contributed by atoms with E-state index in [1.807, 2.05) is 0 Å². The highest BCUT2D eigenvalue weighted by Crippen LogP contribution is 2.36. The summed E-state index contributed by atoms with van der Waals surface area (Å²) in [6.45, 7) is 0. The molecule has 2 nitrogen and oxygen atoms in total. The van der Waals surface area contributed by atoms with Crippen LogP contribution in [-0.4, -0.2) is 0 Å². The van der Waals surface area contributed by atoms with Crippen LogP contribution in [0.15, 0.2) is 42.5 Å². The number of nitrogens with two attached hydrogens (primary N) is 1. The van der Waals surface area contributed by atoms with Gasteiger partial charge in [0.1, 0.15) is 5.82 Å². The predicted molar refractivity (Wildman–Crippen MR) is 72.0 cm³/mol. The Balaban J connectivity index is 2.54. The van der Waals surface area contributed by atoms with Gasteiger partial charge in [-0.3, -0.25) is 5.84 Å². The lowest BCUT2D eigenvalue weighted by molar-refractivity contribution is -0.138. The molecule has 2 aromatic carbocycles. The van der Waals surface area contributed by atoms with E-state index in [4.69, 9.17) is 17.4 Å². The monoisotopic (exact) mass is 318 g/mol.